The van der Waals surface area contributed by atoms with E-state index in [0.29, 0.717) is 21.7 Å². The number of benzene rings is 3. The molecule has 4 N–H and O–H groups in total. The van der Waals surface area contributed by atoms with E-state index in [1.54, 1.807) is 24.3 Å². The Labute approximate surface area is 219 Å². The highest BCUT2D eigenvalue weighted by molar-refractivity contribution is 6.30. The van der Waals surface area contributed by atoms with Gasteiger partial charge in [0, 0.05) is 22.7 Å². The Morgan fingerprint density at radius 2 is 1.66 bits per heavy atom. The Morgan fingerprint density at radius 3 is 2.37 bits per heavy atom. The molecule has 1 atom stereocenters. The molecule has 0 spiro atoms. The second-order valence-electron chi connectivity index (χ2n) is 8.29. The lowest BCUT2D eigenvalue weighted by Crippen LogP contribution is -2.47. The van der Waals surface area contributed by atoms with Gasteiger partial charge in [-0.2, -0.15) is 5.10 Å². The van der Waals surface area contributed by atoms with Gasteiger partial charge in [0.2, 0.25) is 0 Å². The molecule has 0 saturated heterocycles. The van der Waals surface area contributed by atoms with Gasteiger partial charge in [-0.25, -0.2) is 23.0 Å². The van der Waals surface area contributed by atoms with Crippen LogP contribution in [0.25, 0.3) is 22.4 Å². The number of nitrogens with zero attached hydrogens (tertiary/aromatic N) is 2. The molecule has 196 valence electrons. The highest BCUT2D eigenvalue weighted by atomic mass is 35.5. The zero-order valence-electron chi connectivity index (χ0n) is 19.5. The summed E-state index contributed by atoms with van der Waals surface area (Å²) in [7, 11) is 0. The summed E-state index contributed by atoms with van der Waals surface area (Å²) in [5, 5.41) is 26.8. The number of amides is 1. The second-order valence-corrected chi connectivity index (χ2v) is 8.72. The summed E-state index contributed by atoms with van der Waals surface area (Å²) >= 11 is 5.96. The first kappa shape index (κ1) is 26.9. The van der Waals surface area contributed by atoms with E-state index < -0.39 is 42.0 Å². The summed E-state index contributed by atoms with van der Waals surface area (Å²) in [6, 6.07) is 14.7. The van der Waals surface area contributed by atoms with Crippen LogP contribution in [0.1, 0.15) is 16.1 Å². The summed E-state index contributed by atoms with van der Waals surface area (Å²) in [5.41, 5.74) is 3.61. The molecule has 1 aromatic heterocycles. The lowest BCUT2D eigenvalue weighted by atomic mass is 10.0. The number of rotatable bonds is 9. The number of carboxylic acid groups (broad SMARTS) is 1. The van der Waals surface area contributed by atoms with E-state index in [2.05, 4.69) is 15.6 Å². The Morgan fingerprint density at radius 1 is 0.974 bits per heavy atom. The Bertz CT molecular complexity index is 1480. The van der Waals surface area contributed by atoms with Crippen molar-refractivity contribution in [2.24, 2.45) is 0 Å². The van der Waals surface area contributed by atoms with E-state index in [1.165, 1.54) is 29.3 Å². The van der Waals surface area contributed by atoms with Gasteiger partial charge in [0.1, 0.15) is 23.1 Å². The summed E-state index contributed by atoms with van der Waals surface area (Å²) < 4.78 is 41.8. The van der Waals surface area contributed by atoms with Crippen LogP contribution in [0.4, 0.5) is 13.2 Å². The van der Waals surface area contributed by atoms with Gasteiger partial charge in [-0.3, -0.25) is 15.3 Å². The smallest absolute Gasteiger partial charge is 0.333 e. The summed E-state index contributed by atoms with van der Waals surface area (Å²) in [5.74, 6) is -4.15. The van der Waals surface area contributed by atoms with E-state index >= 15 is 0 Å². The molecule has 0 bridgehead atoms. The fourth-order valence-corrected chi connectivity index (χ4v) is 3.81. The first-order chi connectivity index (χ1) is 18.1. The van der Waals surface area contributed by atoms with E-state index in [0.717, 1.165) is 18.2 Å². The van der Waals surface area contributed by atoms with Gasteiger partial charge in [-0.05, 0) is 53.6 Å². The Hall–Kier alpha value is -4.19. The first-order valence-electron chi connectivity index (χ1n) is 11.1. The monoisotopic (exact) mass is 544 g/mol. The van der Waals surface area contributed by atoms with Gasteiger partial charge in [-0.1, -0.05) is 35.9 Å². The highest BCUT2D eigenvalue weighted by Gasteiger charge is 2.22. The van der Waals surface area contributed by atoms with Gasteiger partial charge >= 0.3 is 5.97 Å². The third-order valence-electron chi connectivity index (χ3n) is 5.53. The normalized spacial score (nSPS) is 11.9. The van der Waals surface area contributed by atoms with E-state index in [1.807, 2.05) is 0 Å². The predicted molar refractivity (Wildman–Crippen MR) is 132 cm³/mol. The molecule has 0 saturated carbocycles. The summed E-state index contributed by atoms with van der Waals surface area (Å²) in [6.45, 7) is -0.515. The molecule has 3 aromatic carbocycles. The van der Waals surface area contributed by atoms with Crippen molar-refractivity contribution in [1.82, 2.24) is 20.6 Å². The van der Waals surface area contributed by atoms with Crippen molar-refractivity contribution in [1.29, 1.82) is 0 Å². The van der Waals surface area contributed by atoms with Crippen LogP contribution in [0.2, 0.25) is 5.02 Å². The number of hydrazine groups is 1. The number of carbonyl (C=O) groups is 2. The van der Waals surface area contributed by atoms with Gasteiger partial charge in [0.05, 0.1) is 12.2 Å². The zero-order chi connectivity index (χ0) is 27.4. The molecule has 12 heteroatoms. The standard InChI is InChI=1S/C26H20ClF3N4O4/c27-16-5-7-20(29)18(9-16)15-3-1-14(2-4-15)12-34(13-24(35)26(37)38)33-25(36)23-11-22(31-32-23)19-10-17(28)6-8-21(19)30/h1-11,24,35H,12-13H2,(H,31,32)(H,33,36)(H,37,38)/t24-/m1/s1. The molecule has 4 aromatic rings. The van der Waals surface area contributed by atoms with Crippen LogP contribution in [0, 0.1) is 17.5 Å². The van der Waals surface area contributed by atoms with Gasteiger partial charge in [0.15, 0.2) is 6.10 Å². The number of aliphatic hydroxyl groups is 1. The number of hydrogen-bond donors (Lipinski definition) is 4. The van der Waals surface area contributed by atoms with Crippen LogP contribution in [-0.4, -0.2) is 49.9 Å². The topological polar surface area (TPSA) is 119 Å². The lowest BCUT2D eigenvalue weighted by Gasteiger charge is -2.24. The first-order valence-corrected chi connectivity index (χ1v) is 11.5. The number of aromatic nitrogens is 2. The Kier molecular flexibility index (Phi) is 8.10. The number of carbonyl (C=O) groups excluding carboxylic acids is 1. The minimum atomic E-state index is -1.83. The predicted octanol–water partition coefficient (Wildman–Crippen LogP) is 4.41. The lowest BCUT2D eigenvalue weighted by molar-refractivity contribution is -0.148. The van der Waals surface area contributed by atoms with Gasteiger partial charge in [0.25, 0.3) is 5.91 Å². The second kappa shape index (κ2) is 11.5. The molecule has 8 nitrogen and oxygen atoms in total. The molecule has 0 radical (unpaired) electrons. The molecule has 38 heavy (non-hydrogen) atoms. The SMILES string of the molecule is O=C(NN(Cc1ccc(-c2cc(Cl)ccc2F)cc1)C[C@@H](O)C(=O)O)c1cc(-c2cc(F)ccc2F)n[nH]1. The van der Waals surface area contributed by atoms with E-state index in [9.17, 15) is 27.9 Å². The fourth-order valence-electron chi connectivity index (χ4n) is 3.64. The molecule has 0 aliphatic heterocycles. The van der Waals surface area contributed by atoms with Crippen molar-refractivity contribution < 1.29 is 33.0 Å². The average molecular weight is 545 g/mol. The van der Waals surface area contributed by atoms with E-state index in [-0.39, 0.29) is 23.5 Å². The molecule has 0 aliphatic rings. The molecule has 0 fully saturated rings. The Balaban J connectivity index is 1.52. The van der Waals surface area contributed by atoms with Crippen LogP contribution < -0.4 is 5.43 Å². The number of aliphatic carboxylic acids is 1. The minimum absolute atomic E-state index is 0.0203. The molecule has 0 unspecified atom stereocenters. The molecule has 1 amide bonds. The zero-order valence-corrected chi connectivity index (χ0v) is 20.2. The average Bonchev–Trinajstić information content (AvgIpc) is 3.38. The maximum absolute atomic E-state index is 14.2. The van der Waals surface area contributed by atoms with Crippen molar-refractivity contribution in [3.05, 3.63) is 100 Å². The number of aromatic amines is 1. The van der Waals surface area contributed by atoms with E-state index in [4.69, 9.17) is 16.7 Å². The fraction of sp³-hybridized carbons (Fsp3) is 0.115. The molecule has 4 rings (SSSR count). The molecule has 0 aliphatic carbocycles. The van der Waals surface area contributed by atoms with Crippen molar-refractivity contribution in [2.75, 3.05) is 6.54 Å². The molecule has 1 heterocycles. The number of H-pyrrole nitrogens is 1. The summed E-state index contributed by atoms with van der Waals surface area (Å²) in [4.78, 5) is 24.0. The number of aliphatic hydroxyl groups excluding tert-OH is 1. The van der Waals surface area contributed by atoms with Gasteiger partial charge in [-0.15, -0.1) is 0 Å². The van der Waals surface area contributed by atoms with Crippen LogP contribution in [-0.2, 0) is 11.3 Å². The van der Waals surface area contributed by atoms with Crippen LogP contribution >= 0.6 is 11.6 Å². The summed E-state index contributed by atoms with van der Waals surface area (Å²) in [6.07, 6.45) is -1.83. The van der Waals surface area contributed by atoms with Crippen molar-refractivity contribution >= 4 is 23.5 Å². The molecular formula is C26H20ClF3N4O4. The number of nitrogens with one attached hydrogen (secondary N) is 2. The maximum Gasteiger partial charge on any atom is 0.333 e. The van der Waals surface area contributed by atoms with Crippen LogP contribution in [0.3, 0.4) is 0 Å². The number of carboxylic acids is 1. The van der Waals surface area contributed by atoms with Crippen LogP contribution in [0.15, 0.2) is 66.7 Å². The number of hydrogen-bond acceptors (Lipinski definition) is 5. The number of halogens is 4. The maximum atomic E-state index is 14.2. The third-order valence-corrected chi connectivity index (χ3v) is 5.77. The molecular weight excluding hydrogens is 525 g/mol. The van der Waals surface area contributed by atoms with Crippen molar-refractivity contribution in [3.63, 3.8) is 0 Å². The van der Waals surface area contributed by atoms with Crippen molar-refractivity contribution in [2.45, 2.75) is 12.6 Å². The van der Waals surface area contributed by atoms with Gasteiger partial charge < -0.3 is 10.2 Å². The van der Waals surface area contributed by atoms with Crippen molar-refractivity contribution in [3.8, 4) is 22.4 Å². The van der Waals surface area contributed by atoms with Crippen LogP contribution in [0.5, 0.6) is 0 Å². The third kappa shape index (κ3) is 6.38. The largest absolute Gasteiger partial charge is 0.479 e. The minimum Gasteiger partial charge on any atom is -0.479 e. The quantitative estimate of drug-likeness (QED) is 0.232. The highest BCUT2D eigenvalue weighted by Crippen LogP contribution is 2.27.